The van der Waals surface area contributed by atoms with Crippen molar-refractivity contribution in [1.82, 2.24) is 24.6 Å². The molecule has 0 N–H and O–H groups in total. The molecule has 3 heterocycles. The molecular formula is C22H26N6O2. The third-order valence-corrected chi connectivity index (χ3v) is 6.13. The van der Waals surface area contributed by atoms with Gasteiger partial charge in [0.25, 0.3) is 5.56 Å². The lowest BCUT2D eigenvalue weighted by Gasteiger charge is -2.36. The van der Waals surface area contributed by atoms with Crippen molar-refractivity contribution in [2.24, 2.45) is 7.05 Å². The first-order valence-corrected chi connectivity index (χ1v) is 10.6. The Labute approximate surface area is 175 Å². The van der Waals surface area contributed by atoms with Crippen LogP contribution in [0.3, 0.4) is 0 Å². The van der Waals surface area contributed by atoms with E-state index in [2.05, 4.69) is 37.0 Å². The van der Waals surface area contributed by atoms with E-state index in [1.807, 2.05) is 12.1 Å². The van der Waals surface area contributed by atoms with Gasteiger partial charge in [-0.05, 0) is 43.5 Å². The first kappa shape index (κ1) is 19.0. The van der Waals surface area contributed by atoms with Gasteiger partial charge in [-0.3, -0.25) is 9.69 Å². The lowest BCUT2D eigenvalue weighted by Crippen LogP contribution is -2.46. The number of ether oxygens (including phenoxy) is 1. The van der Waals surface area contributed by atoms with E-state index in [-0.39, 0.29) is 11.7 Å². The number of anilines is 1. The third-order valence-electron chi connectivity index (χ3n) is 6.13. The van der Waals surface area contributed by atoms with Gasteiger partial charge in [0, 0.05) is 57.2 Å². The summed E-state index contributed by atoms with van der Waals surface area (Å²) < 4.78 is 7.49. The fourth-order valence-electron chi connectivity index (χ4n) is 4.04. The van der Waals surface area contributed by atoms with E-state index in [4.69, 9.17) is 4.74 Å². The van der Waals surface area contributed by atoms with Crippen LogP contribution in [0.15, 0.2) is 41.6 Å². The van der Waals surface area contributed by atoms with Gasteiger partial charge in [-0.1, -0.05) is 0 Å². The Morgan fingerprint density at radius 3 is 2.70 bits per heavy atom. The van der Waals surface area contributed by atoms with Gasteiger partial charge in [-0.15, -0.1) is 0 Å². The van der Waals surface area contributed by atoms with Crippen LogP contribution in [-0.4, -0.2) is 56.9 Å². The van der Waals surface area contributed by atoms with Crippen LogP contribution < -0.4 is 15.2 Å². The fraction of sp³-hybridized carbons (Fsp3) is 0.455. The normalized spacial score (nSPS) is 17.8. The van der Waals surface area contributed by atoms with Crippen LogP contribution in [0.1, 0.15) is 24.8 Å². The number of aromatic nitrogens is 4. The summed E-state index contributed by atoms with van der Waals surface area (Å²) in [6.45, 7) is 4.28. The zero-order valence-electron chi connectivity index (χ0n) is 17.2. The number of aryl methyl sites for hydroxylation is 1. The number of benzene rings is 1. The number of hydrogen-bond donors (Lipinski definition) is 0. The largest absolute Gasteiger partial charge is 0.474 e. The molecule has 1 saturated heterocycles. The maximum Gasteiger partial charge on any atom is 0.270 e. The zero-order chi connectivity index (χ0) is 20.5. The van der Waals surface area contributed by atoms with E-state index >= 15 is 0 Å². The molecule has 0 atom stereocenters. The molecule has 1 aromatic carbocycles. The van der Waals surface area contributed by atoms with Crippen molar-refractivity contribution >= 4 is 16.6 Å². The van der Waals surface area contributed by atoms with Gasteiger partial charge in [0.05, 0.1) is 10.9 Å². The average Bonchev–Trinajstić information content (AvgIpc) is 2.74. The maximum atomic E-state index is 12.2. The highest BCUT2D eigenvalue weighted by molar-refractivity contribution is 5.86. The van der Waals surface area contributed by atoms with Crippen molar-refractivity contribution in [3.05, 3.63) is 52.7 Å². The van der Waals surface area contributed by atoms with Crippen molar-refractivity contribution in [1.29, 1.82) is 0 Å². The number of piperazine rings is 1. The topological polar surface area (TPSA) is 76.4 Å². The average molecular weight is 406 g/mol. The van der Waals surface area contributed by atoms with Crippen LogP contribution in [0.4, 0.5) is 5.69 Å². The van der Waals surface area contributed by atoms with E-state index in [9.17, 15) is 4.79 Å². The van der Waals surface area contributed by atoms with Crippen LogP contribution >= 0.6 is 0 Å². The highest BCUT2D eigenvalue weighted by atomic mass is 16.5. The Morgan fingerprint density at radius 2 is 1.93 bits per heavy atom. The summed E-state index contributed by atoms with van der Waals surface area (Å²) in [5.41, 5.74) is 2.85. The van der Waals surface area contributed by atoms with Crippen molar-refractivity contribution < 1.29 is 4.74 Å². The Bertz CT molecular complexity index is 1100. The minimum Gasteiger partial charge on any atom is -0.474 e. The molecule has 2 fully saturated rings. The van der Waals surface area contributed by atoms with Crippen molar-refractivity contribution in [2.45, 2.75) is 31.9 Å². The van der Waals surface area contributed by atoms with Gasteiger partial charge in [0.2, 0.25) is 5.88 Å². The lowest BCUT2D eigenvalue weighted by molar-refractivity contribution is 0.116. The number of hydrogen-bond acceptors (Lipinski definition) is 7. The minimum absolute atomic E-state index is 0.0200. The van der Waals surface area contributed by atoms with Gasteiger partial charge in [0.15, 0.2) is 0 Å². The van der Waals surface area contributed by atoms with Crippen molar-refractivity contribution in [3.8, 4) is 5.88 Å². The molecule has 0 bridgehead atoms. The predicted octanol–water partition coefficient (Wildman–Crippen LogP) is 1.98. The Hall–Kier alpha value is -3.00. The highest BCUT2D eigenvalue weighted by Gasteiger charge is 2.22. The summed E-state index contributed by atoms with van der Waals surface area (Å²) in [6, 6.07) is 8.14. The molecule has 0 amide bonds. The molecule has 1 aliphatic carbocycles. The molecule has 0 unspecified atom stereocenters. The predicted molar refractivity (Wildman–Crippen MR) is 115 cm³/mol. The van der Waals surface area contributed by atoms with Crippen LogP contribution in [0.5, 0.6) is 5.88 Å². The SMILES string of the molecule is Cn1nccc(CN2CCN(c3ccc4ncnc(OC5CCC5)c4c3)CC2)c1=O. The Morgan fingerprint density at radius 1 is 1.10 bits per heavy atom. The van der Waals surface area contributed by atoms with Crippen LogP contribution in [0.25, 0.3) is 10.9 Å². The van der Waals surface area contributed by atoms with Gasteiger partial charge >= 0.3 is 0 Å². The Balaban J connectivity index is 1.29. The first-order chi connectivity index (χ1) is 14.7. The second kappa shape index (κ2) is 8.02. The second-order valence-electron chi connectivity index (χ2n) is 8.10. The van der Waals surface area contributed by atoms with Crippen LogP contribution in [0.2, 0.25) is 0 Å². The van der Waals surface area contributed by atoms with Gasteiger partial charge in [-0.2, -0.15) is 5.10 Å². The van der Waals surface area contributed by atoms with Gasteiger partial charge < -0.3 is 9.64 Å². The smallest absolute Gasteiger partial charge is 0.270 e. The summed E-state index contributed by atoms with van der Waals surface area (Å²) in [4.78, 5) is 25.7. The quantitative estimate of drug-likeness (QED) is 0.641. The van der Waals surface area contributed by atoms with Gasteiger partial charge in [-0.25, -0.2) is 14.6 Å². The minimum atomic E-state index is -0.0200. The second-order valence-corrected chi connectivity index (χ2v) is 8.10. The van der Waals surface area contributed by atoms with Crippen LogP contribution in [-0.2, 0) is 13.6 Å². The van der Waals surface area contributed by atoms with E-state index in [1.54, 1.807) is 19.6 Å². The molecule has 8 nitrogen and oxygen atoms in total. The summed E-state index contributed by atoms with van der Waals surface area (Å²) in [5.74, 6) is 0.693. The fourth-order valence-corrected chi connectivity index (χ4v) is 4.04. The number of rotatable bonds is 5. The van der Waals surface area contributed by atoms with E-state index in [1.165, 1.54) is 11.1 Å². The third kappa shape index (κ3) is 3.75. The molecule has 5 rings (SSSR count). The van der Waals surface area contributed by atoms with E-state index in [0.29, 0.717) is 12.4 Å². The van der Waals surface area contributed by atoms with E-state index in [0.717, 1.165) is 61.2 Å². The molecule has 30 heavy (non-hydrogen) atoms. The molecule has 3 aromatic rings. The number of nitrogens with zero attached hydrogens (tertiary/aromatic N) is 6. The molecule has 1 aliphatic heterocycles. The van der Waals surface area contributed by atoms with Gasteiger partial charge in [0.1, 0.15) is 12.4 Å². The highest BCUT2D eigenvalue weighted by Crippen LogP contribution is 2.31. The molecule has 156 valence electrons. The molecular weight excluding hydrogens is 380 g/mol. The molecule has 2 aliphatic rings. The molecule has 1 saturated carbocycles. The molecule has 2 aromatic heterocycles. The zero-order valence-corrected chi connectivity index (χ0v) is 17.2. The summed E-state index contributed by atoms with van der Waals surface area (Å²) in [5, 5.41) is 4.98. The lowest BCUT2D eigenvalue weighted by atomic mass is 9.96. The van der Waals surface area contributed by atoms with Crippen molar-refractivity contribution in [3.63, 3.8) is 0 Å². The van der Waals surface area contributed by atoms with E-state index < -0.39 is 0 Å². The molecule has 8 heteroatoms. The number of fused-ring (bicyclic) bond motifs is 1. The molecule has 0 spiro atoms. The standard InChI is InChI=1S/C22H26N6O2/c1-26-22(29)16(7-8-25-26)14-27-9-11-28(12-10-27)17-5-6-20-19(13-17)21(24-15-23-20)30-18-3-2-4-18/h5-8,13,15,18H,2-4,9-12,14H2,1H3. The summed E-state index contributed by atoms with van der Waals surface area (Å²) >= 11 is 0. The summed E-state index contributed by atoms with van der Waals surface area (Å²) in [7, 11) is 1.69. The first-order valence-electron chi connectivity index (χ1n) is 10.6. The monoisotopic (exact) mass is 406 g/mol. The maximum absolute atomic E-state index is 12.2. The van der Waals surface area contributed by atoms with Crippen LogP contribution in [0, 0.1) is 0 Å². The summed E-state index contributed by atoms with van der Waals surface area (Å²) in [6.07, 6.45) is 7.00. The molecule has 0 radical (unpaired) electrons. The van der Waals surface area contributed by atoms with Crippen molar-refractivity contribution in [2.75, 3.05) is 31.1 Å². The Kier molecular flexibility index (Phi) is 5.08.